The van der Waals surface area contributed by atoms with Gasteiger partial charge in [-0.1, -0.05) is 12.1 Å². The van der Waals surface area contributed by atoms with Gasteiger partial charge in [0.25, 0.3) is 0 Å². The van der Waals surface area contributed by atoms with Gasteiger partial charge in [0.15, 0.2) is 6.61 Å². The fourth-order valence-electron chi connectivity index (χ4n) is 0.680. The van der Waals surface area contributed by atoms with E-state index >= 15 is 0 Å². The summed E-state index contributed by atoms with van der Waals surface area (Å²) in [6.07, 6.45) is 0. The number of hydrogen-bond acceptors (Lipinski definition) is 2. The van der Waals surface area contributed by atoms with Gasteiger partial charge in [0.1, 0.15) is 11.8 Å². The van der Waals surface area contributed by atoms with E-state index in [1.807, 2.05) is 6.07 Å². The van der Waals surface area contributed by atoms with Crippen molar-refractivity contribution in [1.82, 2.24) is 0 Å². The summed E-state index contributed by atoms with van der Waals surface area (Å²) in [6.45, 7) is 5.51. The second-order valence-corrected chi connectivity index (χ2v) is 2.02. The molecule has 0 saturated heterocycles. The predicted octanol–water partition coefficient (Wildman–Crippen LogP) is 1.65. The first-order chi connectivity index (χ1) is 5.33. The molecule has 0 aliphatic rings. The van der Waals surface area contributed by atoms with Crippen LogP contribution >= 0.6 is 0 Å². The lowest BCUT2D eigenvalue weighted by molar-refractivity contribution is 0.368. The maximum atomic E-state index is 8.18. The first-order valence-electron chi connectivity index (χ1n) is 3.18. The normalized spacial score (nSPS) is 8.73. The third kappa shape index (κ3) is 2.30. The Bertz CT molecular complexity index is 258. The molecule has 0 amide bonds. The van der Waals surface area contributed by atoms with Crippen LogP contribution in [0.4, 0.5) is 0 Å². The molecular formula is C9H7NO. The maximum absolute atomic E-state index is 8.18. The van der Waals surface area contributed by atoms with Gasteiger partial charge in [-0.05, 0) is 24.6 Å². The lowest BCUT2D eigenvalue weighted by Gasteiger charge is -1.99. The minimum atomic E-state index is 0.0733. The average molecular weight is 145 g/mol. The molecule has 54 valence electrons. The van der Waals surface area contributed by atoms with E-state index in [1.54, 1.807) is 24.3 Å². The van der Waals surface area contributed by atoms with Crippen LogP contribution in [0.3, 0.4) is 0 Å². The molecule has 0 fully saturated rings. The summed E-state index contributed by atoms with van der Waals surface area (Å²) in [6, 6.07) is 8.79. The quantitative estimate of drug-likeness (QED) is 0.633. The number of benzene rings is 1. The van der Waals surface area contributed by atoms with Crippen LogP contribution in [0.25, 0.3) is 0 Å². The van der Waals surface area contributed by atoms with Gasteiger partial charge in [-0.3, -0.25) is 0 Å². The summed E-state index contributed by atoms with van der Waals surface area (Å²) in [5.74, 6) is 0.667. The van der Waals surface area contributed by atoms with E-state index in [2.05, 4.69) is 0 Å². The van der Waals surface area contributed by atoms with Crippen molar-refractivity contribution in [3.8, 4) is 11.8 Å². The summed E-state index contributed by atoms with van der Waals surface area (Å²) >= 11 is 0. The van der Waals surface area contributed by atoms with E-state index < -0.39 is 0 Å². The first kappa shape index (κ1) is 7.62. The Labute approximate surface area is 66.0 Å². The predicted molar refractivity (Wildman–Crippen MR) is 41.0 cm³/mol. The van der Waals surface area contributed by atoms with Crippen molar-refractivity contribution in [1.29, 1.82) is 5.26 Å². The molecule has 11 heavy (non-hydrogen) atoms. The number of nitriles is 1. The minimum Gasteiger partial charge on any atom is -0.479 e. The molecule has 0 N–H and O–H groups in total. The van der Waals surface area contributed by atoms with Crippen LogP contribution in [-0.2, 0) is 0 Å². The zero-order valence-corrected chi connectivity index (χ0v) is 5.95. The highest BCUT2D eigenvalue weighted by molar-refractivity contribution is 5.28. The largest absolute Gasteiger partial charge is 0.479 e. The van der Waals surface area contributed by atoms with E-state index in [9.17, 15) is 0 Å². The first-order valence-corrected chi connectivity index (χ1v) is 3.18. The highest BCUT2D eigenvalue weighted by Gasteiger charge is 1.89. The zero-order chi connectivity index (χ0) is 8.10. The fraction of sp³-hybridized carbons (Fsp3) is 0.111. The van der Waals surface area contributed by atoms with Crippen LogP contribution in [0.15, 0.2) is 24.3 Å². The van der Waals surface area contributed by atoms with Crippen LogP contribution in [0.1, 0.15) is 5.56 Å². The molecule has 1 aromatic carbocycles. The highest BCUT2D eigenvalue weighted by atomic mass is 16.5. The Morgan fingerprint density at radius 3 is 2.55 bits per heavy atom. The molecule has 2 radical (unpaired) electrons. The zero-order valence-electron chi connectivity index (χ0n) is 5.95. The van der Waals surface area contributed by atoms with Gasteiger partial charge in [0.05, 0.1) is 0 Å². The van der Waals surface area contributed by atoms with Gasteiger partial charge >= 0.3 is 0 Å². The number of ether oxygens (including phenoxy) is 1. The van der Waals surface area contributed by atoms with E-state index in [0.717, 1.165) is 0 Å². The van der Waals surface area contributed by atoms with Crippen molar-refractivity contribution in [3.05, 3.63) is 36.8 Å². The van der Waals surface area contributed by atoms with Crippen LogP contribution in [0.5, 0.6) is 5.75 Å². The molecule has 1 aromatic rings. The second-order valence-electron chi connectivity index (χ2n) is 2.02. The Morgan fingerprint density at radius 2 is 2.00 bits per heavy atom. The minimum absolute atomic E-state index is 0.0733. The highest BCUT2D eigenvalue weighted by Crippen LogP contribution is 2.10. The average Bonchev–Trinajstić information content (AvgIpc) is 2.04. The molecule has 0 bridgehead atoms. The monoisotopic (exact) mass is 145 g/mol. The molecule has 1 rings (SSSR count). The summed E-state index contributed by atoms with van der Waals surface area (Å²) in [5, 5.41) is 8.18. The van der Waals surface area contributed by atoms with Crippen LogP contribution < -0.4 is 4.74 Å². The number of nitrogens with zero attached hydrogens (tertiary/aromatic N) is 1. The third-order valence-electron chi connectivity index (χ3n) is 1.18. The number of rotatable bonds is 2. The molecular weight excluding hydrogens is 138 g/mol. The molecule has 2 heteroatoms. The summed E-state index contributed by atoms with van der Waals surface area (Å²) in [4.78, 5) is 0. The second kappa shape index (κ2) is 3.62. The van der Waals surface area contributed by atoms with Crippen LogP contribution in [0, 0.1) is 18.3 Å². The third-order valence-corrected chi connectivity index (χ3v) is 1.18. The van der Waals surface area contributed by atoms with E-state index in [-0.39, 0.29) is 6.61 Å². The van der Waals surface area contributed by atoms with Crippen molar-refractivity contribution >= 4 is 0 Å². The van der Waals surface area contributed by atoms with Crippen molar-refractivity contribution < 1.29 is 4.74 Å². The summed E-state index contributed by atoms with van der Waals surface area (Å²) < 4.78 is 4.99. The van der Waals surface area contributed by atoms with E-state index in [1.165, 1.54) is 0 Å². The lowest BCUT2D eigenvalue weighted by Crippen LogP contribution is -1.92. The van der Waals surface area contributed by atoms with Crippen molar-refractivity contribution in [3.63, 3.8) is 0 Å². The Hall–Kier alpha value is -1.49. The Balaban J connectivity index is 2.60. The van der Waals surface area contributed by atoms with Gasteiger partial charge in [-0.2, -0.15) is 5.26 Å². The van der Waals surface area contributed by atoms with Gasteiger partial charge in [-0.25, -0.2) is 0 Å². The topological polar surface area (TPSA) is 33.0 Å². The molecule has 0 unspecified atom stereocenters. The van der Waals surface area contributed by atoms with Gasteiger partial charge in [0, 0.05) is 0 Å². The van der Waals surface area contributed by atoms with E-state index in [4.69, 9.17) is 16.9 Å². The molecule has 0 aromatic heterocycles. The van der Waals surface area contributed by atoms with Crippen molar-refractivity contribution in [2.24, 2.45) is 0 Å². The molecule has 2 nitrogen and oxygen atoms in total. The molecule has 0 spiro atoms. The number of hydrogen-bond donors (Lipinski definition) is 0. The Morgan fingerprint density at radius 1 is 1.36 bits per heavy atom. The fourth-order valence-corrected chi connectivity index (χ4v) is 0.680. The molecule has 0 saturated carbocycles. The van der Waals surface area contributed by atoms with E-state index in [0.29, 0.717) is 11.3 Å². The van der Waals surface area contributed by atoms with Crippen LogP contribution in [-0.4, -0.2) is 6.61 Å². The van der Waals surface area contributed by atoms with Gasteiger partial charge in [-0.15, -0.1) is 0 Å². The maximum Gasteiger partial charge on any atom is 0.174 e. The standard InChI is InChI=1S/C9H7NO/c1-8-2-4-9(5-3-8)11-7-6-10/h1-5H,7H2. The van der Waals surface area contributed by atoms with Gasteiger partial charge < -0.3 is 4.74 Å². The molecule has 0 aliphatic carbocycles. The van der Waals surface area contributed by atoms with Crippen molar-refractivity contribution in [2.75, 3.05) is 6.61 Å². The molecule has 0 heterocycles. The summed E-state index contributed by atoms with van der Waals surface area (Å²) in [7, 11) is 0. The summed E-state index contributed by atoms with van der Waals surface area (Å²) in [5.41, 5.74) is 0.689. The lowest BCUT2D eigenvalue weighted by atomic mass is 10.2. The molecule has 0 atom stereocenters. The van der Waals surface area contributed by atoms with Crippen LogP contribution in [0.2, 0.25) is 0 Å². The smallest absolute Gasteiger partial charge is 0.174 e. The Kier molecular flexibility index (Phi) is 2.51. The van der Waals surface area contributed by atoms with Crippen molar-refractivity contribution in [2.45, 2.75) is 0 Å². The SMILES string of the molecule is [CH]c1ccc(OCC#N)cc1. The molecule has 0 aliphatic heterocycles. The van der Waals surface area contributed by atoms with Gasteiger partial charge in [0.2, 0.25) is 0 Å².